The van der Waals surface area contributed by atoms with Crippen molar-refractivity contribution in [1.29, 1.82) is 0 Å². The first-order chi connectivity index (χ1) is 14.7. The molecule has 5 aromatic rings. The van der Waals surface area contributed by atoms with E-state index in [0.717, 1.165) is 22.2 Å². The van der Waals surface area contributed by atoms with Crippen LogP contribution in [0.4, 0.5) is 21.7 Å². The van der Waals surface area contributed by atoms with Gasteiger partial charge in [-0.1, -0.05) is 18.2 Å². The van der Waals surface area contributed by atoms with Crippen LogP contribution in [0.5, 0.6) is 0 Å². The average molecular weight is 402 g/mol. The summed E-state index contributed by atoms with van der Waals surface area (Å²) in [7, 11) is 0. The number of aromatic nitrogens is 5. The van der Waals surface area contributed by atoms with Crippen LogP contribution >= 0.6 is 0 Å². The van der Waals surface area contributed by atoms with E-state index in [9.17, 15) is 4.39 Å². The van der Waals surface area contributed by atoms with Gasteiger partial charge in [0.2, 0.25) is 11.3 Å². The molecule has 0 unspecified atom stereocenters. The normalized spacial score (nSPS) is 11.5. The second kappa shape index (κ2) is 7.24. The lowest BCUT2D eigenvalue weighted by Crippen LogP contribution is -2.03. The number of halogens is 1. The number of nitrogens with one attached hydrogen (secondary N) is 3. The molecular formula is C20H15FN8O. The second-order valence-corrected chi connectivity index (χ2v) is 6.54. The lowest BCUT2D eigenvalue weighted by molar-refractivity contribution is 0.314. The molecule has 0 aliphatic rings. The number of fused-ring (bicyclic) bond motifs is 2. The maximum atomic E-state index is 13.2. The Morgan fingerprint density at radius 3 is 2.53 bits per heavy atom. The Morgan fingerprint density at radius 2 is 1.73 bits per heavy atom. The zero-order valence-electron chi connectivity index (χ0n) is 15.7. The predicted molar refractivity (Wildman–Crippen MR) is 111 cm³/mol. The third-order valence-corrected chi connectivity index (χ3v) is 4.53. The molecule has 0 saturated heterocycles. The van der Waals surface area contributed by atoms with Crippen LogP contribution in [0.3, 0.4) is 0 Å². The molecule has 3 heterocycles. The number of hydrogen-bond donors (Lipinski definition) is 3. The van der Waals surface area contributed by atoms with Crippen molar-refractivity contribution in [3.05, 3.63) is 65.6 Å². The van der Waals surface area contributed by atoms with Gasteiger partial charge < -0.3 is 10.3 Å². The number of hydrazone groups is 1. The van der Waals surface area contributed by atoms with Gasteiger partial charge in [-0.15, -0.1) is 0 Å². The van der Waals surface area contributed by atoms with Crippen LogP contribution in [0, 0.1) is 12.7 Å². The SMILES string of the molecule is Cc1[nH]c2ccccc2c1C=NNc1nc2nonc2nc1Nc1ccc(F)cc1. The molecule has 0 fully saturated rings. The first-order valence-electron chi connectivity index (χ1n) is 9.06. The molecule has 148 valence electrons. The van der Waals surface area contributed by atoms with Gasteiger partial charge in [0.15, 0.2) is 11.6 Å². The summed E-state index contributed by atoms with van der Waals surface area (Å²) in [6, 6.07) is 13.8. The van der Waals surface area contributed by atoms with E-state index in [-0.39, 0.29) is 17.1 Å². The molecule has 0 spiro atoms. The number of rotatable bonds is 5. The van der Waals surface area contributed by atoms with Gasteiger partial charge >= 0.3 is 0 Å². The number of H-pyrrole nitrogens is 1. The van der Waals surface area contributed by atoms with Crippen LogP contribution in [0.2, 0.25) is 0 Å². The molecule has 10 heteroatoms. The monoisotopic (exact) mass is 402 g/mol. The van der Waals surface area contributed by atoms with Gasteiger partial charge in [0.25, 0.3) is 0 Å². The van der Waals surface area contributed by atoms with Crippen molar-refractivity contribution >= 4 is 45.7 Å². The molecule has 0 amide bonds. The zero-order valence-corrected chi connectivity index (χ0v) is 15.7. The number of anilines is 3. The maximum absolute atomic E-state index is 13.2. The van der Waals surface area contributed by atoms with Gasteiger partial charge in [-0.2, -0.15) is 10.1 Å². The summed E-state index contributed by atoms with van der Waals surface area (Å²) in [4.78, 5) is 12.0. The molecule has 5 rings (SSSR count). The van der Waals surface area contributed by atoms with Crippen LogP contribution in [-0.2, 0) is 0 Å². The van der Waals surface area contributed by atoms with Crippen molar-refractivity contribution in [2.75, 3.05) is 10.7 Å². The number of aromatic amines is 1. The second-order valence-electron chi connectivity index (χ2n) is 6.54. The summed E-state index contributed by atoms with van der Waals surface area (Å²) in [5, 5.41) is 15.9. The number of hydrogen-bond acceptors (Lipinski definition) is 8. The van der Waals surface area contributed by atoms with E-state index in [1.165, 1.54) is 12.1 Å². The largest absolute Gasteiger partial charge is 0.358 e. The molecule has 0 saturated carbocycles. The third kappa shape index (κ3) is 3.30. The molecule has 0 aliphatic heterocycles. The predicted octanol–water partition coefficient (Wildman–Crippen LogP) is 4.13. The van der Waals surface area contributed by atoms with Crippen molar-refractivity contribution < 1.29 is 9.02 Å². The fourth-order valence-electron chi connectivity index (χ4n) is 3.10. The Balaban J connectivity index is 1.47. The summed E-state index contributed by atoms with van der Waals surface area (Å²) in [6.07, 6.45) is 1.71. The van der Waals surface area contributed by atoms with E-state index in [1.54, 1.807) is 18.3 Å². The zero-order chi connectivity index (χ0) is 20.5. The number of para-hydroxylation sites is 1. The molecule has 9 nitrogen and oxygen atoms in total. The van der Waals surface area contributed by atoms with Crippen LogP contribution in [0.1, 0.15) is 11.3 Å². The Labute approximate surface area is 169 Å². The first-order valence-corrected chi connectivity index (χ1v) is 9.06. The van der Waals surface area contributed by atoms with Crippen LogP contribution in [0.25, 0.3) is 22.2 Å². The molecule has 3 aromatic heterocycles. The van der Waals surface area contributed by atoms with E-state index < -0.39 is 0 Å². The topological polar surface area (TPSA) is 117 Å². The first kappa shape index (κ1) is 17.7. The van der Waals surface area contributed by atoms with E-state index in [1.807, 2.05) is 31.2 Å². The Morgan fingerprint density at radius 1 is 1.00 bits per heavy atom. The Bertz CT molecular complexity index is 1370. The van der Waals surface area contributed by atoms with E-state index in [0.29, 0.717) is 17.3 Å². The van der Waals surface area contributed by atoms with Crippen LogP contribution < -0.4 is 10.7 Å². The fourth-order valence-corrected chi connectivity index (χ4v) is 3.10. The van der Waals surface area contributed by atoms with Gasteiger partial charge in [-0.3, -0.25) is 5.43 Å². The standard InChI is InChI=1S/C20H15FN8O/c1-11-15(14-4-2-3-5-16(14)23-11)10-22-27-18-17(24-13-8-6-12(21)7-9-13)25-19-20(26-18)29-30-28-19/h2-10,23H,1H3,(H,24,25,28)(H,26,27,29). The lowest BCUT2D eigenvalue weighted by Gasteiger charge is -2.09. The minimum Gasteiger partial charge on any atom is -0.358 e. The average Bonchev–Trinajstić information content (AvgIpc) is 3.33. The molecular weight excluding hydrogens is 387 g/mol. The summed E-state index contributed by atoms with van der Waals surface area (Å²) in [5.74, 6) is 0.328. The lowest BCUT2D eigenvalue weighted by atomic mass is 10.1. The molecule has 0 atom stereocenters. The molecule has 3 N–H and O–H groups in total. The van der Waals surface area contributed by atoms with E-state index in [2.05, 4.69) is 41.1 Å². The van der Waals surface area contributed by atoms with Crippen LogP contribution in [-0.4, -0.2) is 31.5 Å². The van der Waals surface area contributed by atoms with E-state index in [4.69, 9.17) is 4.63 Å². The van der Waals surface area contributed by atoms with E-state index >= 15 is 0 Å². The number of benzene rings is 2. The van der Waals surface area contributed by atoms with Crippen molar-refractivity contribution in [3.63, 3.8) is 0 Å². The summed E-state index contributed by atoms with van der Waals surface area (Å²) >= 11 is 0. The van der Waals surface area contributed by atoms with Gasteiger partial charge in [-0.25, -0.2) is 14.0 Å². The highest BCUT2D eigenvalue weighted by Crippen LogP contribution is 2.24. The van der Waals surface area contributed by atoms with Crippen molar-refractivity contribution in [2.24, 2.45) is 5.10 Å². The van der Waals surface area contributed by atoms with Gasteiger partial charge in [-0.05, 0) is 47.6 Å². The van der Waals surface area contributed by atoms with Gasteiger partial charge in [0, 0.05) is 27.8 Å². The molecule has 0 aliphatic carbocycles. The fraction of sp³-hybridized carbons (Fsp3) is 0.0500. The van der Waals surface area contributed by atoms with Crippen molar-refractivity contribution in [1.82, 2.24) is 25.3 Å². The van der Waals surface area contributed by atoms with Crippen molar-refractivity contribution in [2.45, 2.75) is 6.92 Å². The minimum atomic E-state index is -0.333. The highest BCUT2D eigenvalue weighted by molar-refractivity contribution is 6.00. The highest BCUT2D eigenvalue weighted by atomic mass is 19.1. The molecule has 0 bridgehead atoms. The number of aryl methyl sites for hydroxylation is 1. The molecule has 2 aromatic carbocycles. The Kier molecular flexibility index (Phi) is 4.28. The Hall–Kier alpha value is -4.34. The van der Waals surface area contributed by atoms with Crippen molar-refractivity contribution in [3.8, 4) is 0 Å². The van der Waals surface area contributed by atoms with Gasteiger partial charge in [0.1, 0.15) is 5.82 Å². The summed E-state index contributed by atoms with van der Waals surface area (Å²) in [5.41, 5.74) is 6.98. The summed E-state index contributed by atoms with van der Waals surface area (Å²) in [6.45, 7) is 1.98. The number of nitrogens with zero attached hydrogens (tertiary/aromatic N) is 5. The third-order valence-electron chi connectivity index (χ3n) is 4.53. The molecule has 30 heavy (non-hydrogen) atoms. The molecule has 0 radical (unpaired) electrons. The minimum absolute atomic E-state index is 0.237. The van der Waals surface area contributed by atoms with Gasteiger partial charge in [0.05, 0.1) is 6.21 Å². The quantitative estimate of drug-likeness (QED) is 0.299. The summed E-state index contributed by atoms with van der Waals surface area (Å²) < 4.78 is 17.9. The van der Waals surface area contributed by atoms with Crippen LogP contribution in [0.15, 0.2) is 58.3 Å². The highest BCUT2D eigenvalue weighted by Gasteiger charge is 2.13. The smallest absolute Gasteiger partial charge is 0.245 e. The maximum Gasteiger partial charge on any atom is 0.245 e.